The van der Waals surface area contributed by atoms with E-state index in [0.717, 1.165) is 29.7 Å². The summed E-state index contributed by atoms with van der Waals surface area (Å²) in [7, 11) is 2.08. The Balaban J connectivity index is 2.19. The summed E-state index contributed by atoms with van der Waals surface area (Å²) in [4.78, 5) is 8.89. The van der Waals surface area contributed by atoms with Crippen LogP contribution in [0.25, 0.3) is 11.0 Å². The first-order chi connectivity index (χ1) is 8.27. The molecule has 3 rings (SSSR count). The Kier molecular flexibility index (Phi) is 2.40. The van der Waals surface area contributed by atoms with Crippen LogP contribution >= 0.6 is 0 Å². The normalized spacial score (nSPS) is 18.9. The summed E-state index contributed by atoms with van der Waals surface area (Å²) in [6.45, 7) is 0.692. The molecule has 4 heteroatoms. The van der Waals surface area contributed by atoms with Crippen molar-refractivity contribution >= 4 is 11.0 Å². The predicted octanol–water partition coefficient (Wildman–Crippen LogP) is 1.74. The monoisotopic (exact) mass is 230 g/mol. The van der Waals surface area contributed by atoms with Gasteiger partial charge in [0.15, 0.2) is 0 Å². The largest absolute Gasteiger partial charge is 0.331 e. The number of fused-ring (bicyclic) bond motifs is 1. The van der Waals surface area contributed by atoms with Gasteiger partial charge in [0.25, 0.3) is 0 Å². The molecule has 90 valence electrons. The van der Waals surface area contributed by atoms with Crippen molar-refractivity contribution in [3.63, 3.8) is 0 Å². The topological polar surface area (TPSA) is 56.7 Å². The van der Waals surface area contributed by atoms with Gasteiger partial charge in [-0.2, -0.15) is 0 Å². The highest BCUT2D eigenvalue weighted by molar-refractivity contribution is 5.74. The van der Waals surface area contributed by atoms with Gasteiger partial charge < -0.3 is 10.3 Å². The SMILES string of the molecule is Cn1c(C2(CN)CCCC2)nc2cnccc21. The van der Waals surface area contributed by atoms with E-state index in [2.05, 4.69) is 16.6 Å². The summed E-state index contributed by atoms with van der Waals surface area (Å²) < 4.78 is 2.19. The lowest BCUT2D eigenvalue weighted by Crippen LogP contribution is -2.34. The van der Waals surface area contributed by atoms with E-state index in [1.165, 1.54) is 12.8 Å². The lowest BCUT2D eigenvalue weighted by atomic mass is 9.85. The molecule has 0 amide bonds. The maximum atomic E-state index is 6.02. The van der Waals surface area contributed by atoms with E-state index in [4.69, 9.17) is 10.7 Å². The molecule has 0 aliphatic heterocycles. The van der Waals surface area contributed by atoms with Gasteiger partial charge in [0, 0.05) is 25.2 Å². The van der Waals surface area contributed by atoms with E-state index in [0.29, 0.717) is 6.54 Å². The maximum Gasteiger partial charge on any atom is 0.117 e. The summed E-state index contributed by atoms with van der Waals surface area (Å²) in [5, 5.41) is 0. The van der Waals surface area contributed by atoms with Crippen molar-refractivity contribution in [1.29, 1.82) is 0 Å². The van der Waals surface area contributed by atoms with E-state index in [1.807, 2.05) is 18.5 Å². The number of aryl methyl sites for hydroxylation is 1. The average molecular weight is 230 g/mol. The van der Waals surface area contributed by atoms with E-state index in [9.17, 15) is 0 Å². The van der Waals surface area contributed by atoms with Gasteiger partial charge in [-0.1, -0.05) is 12.8 Å². The minimum Gasteiger partial charge on any atom is -0.331 e. The first-order valence-electron chi connectivity index (χ1n) is 6.24. The Hall–Kier alpha value is -1.42. The van der Waals surface area contributed by atoms with Gasteiger partial charge in [0.1, 0.15) is 11.3 Å². The Morgan fingerprint density at radius 2 is 2.18 bits per heavy atom. The maximum absolute atomic E-state index is 6.02. The number of imidazole rings is 1. The van der Waals surface area contributed by atoms with Crippen LogP contribution in [0.15, 0.2) is 18.5 Å². The van der Waals surface area contributed by atoms with Crippen molar-refractivity contribution in [1.82, 2.24) is 14.5 Å². The lowest BCUT2D eigenvalue weighted by Gasteiger charge is -2.26. The third-order valence-corrected chi connectivity index (χ3v) is 4.11. The number of rotatable bonds is 2. The molecule has 0 bridgehead atoms. The molecule has 0 spiro atoms. The molecule has 2 heterocycles. The number of hydrogen-bond acceptors (Lipinski definition) is 3. The lowest BCUT2D eigenvalue weighted by molar-refractivity contribution is 0.414. The summed E-state index contributed by atoms with van der Waals surface area (Å²) in [5.41, 5.74) is 8.24. The van der Waals surface area contributed by atoms with E-state index in [-0.39, 0.29) is 5.41 Å². The summed E-state index contributed by atoms with van der Waals surface area (Å²) in [5.74, 6) is 1.14. The van der Waals surface area contributed by atoms with Crippen LogP contribution in [0.3, 0.4) is 0 Å². The van der Waals surface area contributed by atoms with E-state index in [1.54, 1.807) is 0 Å². The summed E-state index contributed by atoms with van der Waals surface area (Å²) in [6.07, 6.45) is 8.50. The van der Waals surface area contributed by atoms with Gasteiger partial charge in [-0.25, -0.2) is 4.98 Å². The van der Waals surface area contributed by atoms with Crippen molar-refractivity contribution in [3.8, 4) is 0 Å². The predicted molar refractivity (Wildman–Crippen MR) is 67.7 cm³/mol. The van der Waals surface area contributed by atoms with Crippen LogP contribution < -0.4 is 5.73 Å². The highest BCUT2D eigenvalue weighted by Gasteiger charge is 2.38. The highest BCUT2D eigenvalue weighted by atomic mass is 15.1. The fourth-order valence-electron chi connectivity index (χ4n) is 3.10. The molecule has 1 saturated carbocycles. The van der Waals surface area contributed by atoms with Crippen molar-refractivity contribution < 1.29 is 0 Å². The minimum absolute atomic E-state index is 0.0910. The van der Waals surface area contributed by atoms with Crippen LogP contribution in [0, 0.1) is 0 Å². The molecule has 0 unspecified atom stereocenters. The smallest absolute Gasteiger partial charge is 0.117 e. The molecule has 4 nitrogen and oxygen atoms in total. The average Bonchev–Trinajstić information content (AvgIpc) is 2.96. The molecule has 2 N–H and O–H groups in total. The summed E-state index contributed by atoms with van der Waals surface area (Å²) in [6, 6.07) is 2.02. The molecule has 1 aliphatic carbocycles. The second-order valence-electron chi connectivity index (χ2n) is 5.05. The fraction of sp³-hybridized carbons (Fsp3) is 0.538. The molecule has 1 aliphatic rings. The van der Waals surface area contributed by atoms with Crippen molar-refractivity contribution in [2.24, 2.45) is 12.8 Å². The zero-order valence-corrected chi connectivity index (χ0v) is 10.2. The van der Waals surface area contributed by atoms with Crippen molar-refractivity contribution in [2.45, 2.75) is 31.1 Å². The van der Waals surface area contributed by atoms with E-state index < -0.39 is 0 Å². The first-order valence-corrected chi connectivity index (χ1v) is 6.24. The Morgan fingerprint density at radius 1 is 1.41 bits per heavy atom. The number of aromatic nitrogens is 3. The first kappa shape index (κ1) is 10.7. The Morgan fingerprint density at radius 3 is 2.82 bits per heavy atom. The van der Waals surface area contributed by atoms with Crippen LogP contribution in [0.5, 0.6) is 0 Å². The molecule has 1 fully saturated rings. The van der Waals surface area contributed by atoms with Gasteiger partial charge in [0.2, 0.25) is 0 Å². The molecule has 2 aromatic rings. The zero-order valence-electron chi connectivity index (χ0n) is 10.2. The molecule has 0 radical (unpaired) electrons. The van der Waals surface area contributed by atoms with Crippen LogP contribution in [0.1, 0.15) is 31.5 Å². The number of nitrogens with two attached hydrogens (primary N) is 1. The minimum atomic E-state index is 0.0910. The molecular weight excluding hydrogens is 212 g/mol. The Bertz CT molecular complexity index is 537. The number of hydrogen-bond donors (Lipinski definition) is 1. The molecule has 0 aromatic carbocycles. The molecule has 2 aromatic heterocycles. The molecule has 0 saturated heterocycles. The second kappa shape index (κ2) is 3.81. The van der Waals surface area contributed by atoms with Crippen LogP contribution in [0.4, 0.5) is 0 Å². The zero-order chi connectivity index (χ0) is 11.9. The van der Waals surface area contributed by atoms with Gasteiger partial charge in [0.05, 0.1) is 11.7 Å². The summed E-state index contributed by atoms with van der Waals surface area (Å²) >= 11 is 0. The standard InChI is InChI=1S/C13H18N4/c1-17-11-4-7-15-8-10(11)16-12(17)13(9-14)5-2-3-6-13/h4,7-8H,2-3,5-6,9,14H2,1H3. The second-order valence-corrected chi connectivity index (χ2v) is 5.05. The van der Waals surface area contributed by atoms with Gasteiger partial charge in [-0.15, -0.1) is 0 Å². The third kappa shape index (κ3) is 1.47. The van der Waals surface area contributed by atoms with Gasteiger partial charge in [-0.3, -0.25) is 4.98 Å². The van der Waals surface area contributed by atoms with Gasteiger partial charge in [-0.05, 0) is 18.9 Å². The number of nitrogens with zero attached hydrogens (tertiary/aromatic N) is 3. The van der Waals surface area contributed by atoms with Crippen molar-refractivity contribution in [2.75, 3.05) is 6.54 Å². The quantitative estimate of drug-likeness (QED) is 0.855. The van der Waals surface area contributed by atoms with Crippen LogP contribution in [-0.4, -0.2) is 21.1 Å². The molecule has 17 heavy (non-hydrogen) atoms. The van der Waals surface area contributed by atoms with Crippen molar-refractivity contribution in [3.05, 3.63) is 24.3 Å². The fourth-order valence-corrected chi connectivity index (χ4v) is 3.10. The van der Waals surface area contributed by atoms with Crippen LogP contribution in [0.2, 0.25) is 0 Å². The third-order valence-electron chi connectivity index (χ3n) is 4.11. The Labute approximate surface area is 101 Å². The molecule has 0 atom stereocenters. The highest BCUT2D eigenvalue weighted by Crippen LogP contribution is 2.40. The molecular formula is C13H18N4. The number of pyridine rings is 1. The van der Waals surface area contributed by atoms with E-state index >= 15 is 0 Å². The van der Waals surface area contributed by atoms with Gasteiger partial charge >= 0.3 is 0 Å². The van der Waals surface area contributed by atoms with Crippen LogP contribution in [-0.2, 0) is 12.5 Å².